The Labute approximate surface area is 149 Å². The molecule has 5 nitrogen and oxygen atoms in total. The number of nitrogens with zero attached hydrogens (tertiary/aromatic N) is 1. The van der Waals surface area contributed by atoms with E-state index in [0.717, 1.165) is 21.9 Å². The lowest BCUT2D eigenvalue weighted by molar-refractivity contribution is 0.174. The van der Waals surface area contributed by atoms with Crippen LogP contribution in [0.15, 0.2) is 66.1 Å². The van der Waals surface area contributed by atoms with Gasteiger partial charge in [0.15, 0.2) is 11.5 Å². The Bertz CT molecular complexity index is 1120. The molecule has 0 saturated heterocycles. The van der Waals surface area contributed by atoms with Gasteiger partial charge in [-0.05, 0) is 22.4 Å². The predicted octanol–water partition coefficient (Wildman–Crippen LogP) is 3.79. The summed E-state index contributed by atoms with van der Waals surface area (Å²) in [6, 6.07) is 20.1. The highest BCUT2D eigenvalue weighted by Crippen LogP contribution is 2.48. The summed E-state index contributed by atoms with van der Waals surface area (Å²) >= 11 is 0. The number of ether oxygens (including phenoxy) is 3. The predicted molar refractivity (Wildman–Crippen MR) is 95.8 cm³/mol. The molecular formula is C21H14N2O3. The van der Waals surface area contributed by atoms with Crippen LogP contribution in [0.3, 0.4) is 0 Å². The van der Waals surface area contributed by atoms with Crippen LogP contribution in [0.1, 0.15) is 17.0 Å². The largest absolute Gasteiger partial charge is 0.454 e. The standard InChI is InChI=1S/C21H14N2O3/c22-10-16-20(14-7-3-5-12-4-1-2-6-13(12)14)15-8-18-19(25-11-24-18)9-17(15)26-21(16)23/h1-9,20H,11,23H2/t20-/m0/s1. The van der Waals surface area contributed by atoms with Gasteiger partial charge in [-0.15, -0.1) is 0 Å². The second kappa shape index (κ2) is 5.43. The highest BCUT2D eigenvalue weighted by atomic mass is 16.7. The molecule has 5 rings (SSSR count). The molecule has 0 aromatic heterocycles. The molecule has 0 amide bonds. The minimum absolute atomic E-state index is 0.122. The van der Waals surface area contributed by atoms with E-state index in [4.69, 9.17) is 19.9 Å². The van der Waals surface area contributed by atoms with Crippen LogP contribution in [-0.2, 0) is 0 Å². The van der Waals surface area contributed by atoms with Crippen LogP contribution in [0.25, 0.3) is 10.8 Å². The highest BCUT2D eigenvalue weighted by molar-refractivity contribution is 5.87. The van der Waals surface area contributed by atoms with Crippen molar-refractivity contribution in [2.24, 2.45) is 5.73 Å². The summed E-state index contributed by atoms with van der Waals surface area (Å²) in [5, 5.41) is 11.9. The fourth-order valence-electron chi connectivity index (χ4n) is 3.67. The number of allylic oxidation sites excluding steroid dienone is 1. The maximum Gasteiger partial charge on any atom is 0.231 e. The van der Waals surface area contributed by atoms with Crippen LogP contribution < -0.4 is 19.9 Å². The van der Waals surface area contributed by atoms with Crippen LogP contribution in [0.4, 0.5) is 0 Å². The molecule has 2 aliphatic rings. The number of benzene rings is 3. The minimum atomic E-state index is -0.329. The van der Waals surface area contributed by atoms with E-state index < -0.39 is 0 Å². The summed E-state index contributed by atoms with van der Waals surface area (Å²) in [5.74, 6) is 1.65. The van der Waals surface area contributed by atoms with Crippen molar-refractivity contribution in [2.45, 2.75) is 5.92 Å². The third-order valence-corrected chi connectivity index (χ3v) is 4.84. The SMILES string of the molecule is N#CC1=C(N)Oc2cc3c(cc2[C@@H]1c1cccc2ccccc12)OCO3. The Morgan fingerprint density at radius 1 is 0.923 bits per heavy atom. The molecule has 0 spiro atoms. The first kappa shape index (κ1) is 14.7. The molecule has 2 N–H and O–H groups in total. The lowest BCUT2D eigenvalue weighted by Gasteiger charge is -2.27. The van der Waals surface area contributed by atoms with Crippen molar-refractivity contribution >= 4 is 10.8 Å². The number of hydrogen-bond acceptors (Lipinski definition) is 5. The molecule has 3 aromatic carbocycles. The van der Waals surface area contributed by atoms with Crippen molar-refractivity contribution in [3.63, 3.8) is 0 Å². The first-order valence-electron chi connectivity index (χ1n) is 8.25. The van der Waals surface area contributed by atoms with E-state index in [1.54, 1.807) is 6.07 Å². The van der Waals surface area contributed by atoms with Crippen LogP contribution in [0.2, 0.25) is 0 Å². The van der Waals surface area contributed by atoms with Gasteiger partial charge in [0.2, 0.25) is 12.7 Å². The summed E-state index contributed by atoms with van der Waals surface area (Å²) in [5.41, 5.74) is 8.33. The lowest BCUT2D eigenvalue weighted by atomic mass is 9.81. The minimum Gasteiger partial charge on any atom is -0.454 e. The zero-order valence-corrected chi connectivity index (χ0v) is 13.7. The van der Waals surface area contributed by atoms with Crippen LogP contribution in [0, 0.1) is 11.3 Å². The van der Waals surface area contributed by atoms with Crippen LogP contribution in [-0.4, -0.2) is 6.79 Å². The van der Waals surface area contributed by atoms with E-state index >= 15 is 0 Å². The van der Waals surface area contributed by atoms with E-state index in [9.17, 15) is 5.26 Å². The van der Waals surface area contributed by atoms with Gasteiger partial charge in [-0.25, -0.2) is 0 Å². The average Bonchev–Trinajstić information content (AvgIpc) is 3.12. The Morgan fingerprint density at radius 2 is 1.69 bits per heavy atom. The summed E-state index contributed by atoms with van der Waals surface area (Å²) < 4.78 is 16.7. The summed E-state index contributed by atoms with van der Waals surface area (Å²) in [6.07, 6.45) is 0. The van der Waals surface area contributed by atoms with Gasteiger partial charge in [0.25, 0.3) is 0 Å². The van der Waals surface area contributed by atoms with Gasteiger partial charge in [-0.1, -0.05) is 42.5 Å². The highest BCUT2D eigenvalue weighted by Gasteiger charge is 2.33. The normalized spacial score (nSPS) is 17.6. The number of nitrogens with two attached hydrogens (primary N) is 1. The molecule has 3 aromatic rings. The Morgan fingerprint density at radius 3 is 2.54 bits per heavy atom. The first-order valence-corrected chi connectivity index (χ1v) is 8.25. The quantitative estimate of drug-likeness (QED) is 0.728. The fraction of sp³-hybridized carbons (Fsp3) is 0.0952. The molecule has 0 bridgehead atoms. The van der Waals surface area contributed by atoms with Crippen molar-refractivity contribution in [1.82, 2.24) is 0 Å². The van der Waals surface area contributed by atoms with Gasteiger partial charge in [0.1, 0.15) is 17.4 Å². The molecule has 26 heavy (non-hydrogen) atoms. The lowest BCUT2D eigenvalue weighted by Crippen LogP contribution is -2.21. The molecule has 0 aliphatic carbocycles. The molecule has 1 atom stereocenters. The van der Waals surface area contributed by atoms with Crippen molar-refractivity contribution in [2.75, 3.05) is 6.79 Å². The van der Waals surface area contributed by atoms with Crippen molar-refractivity contribution < 1.29 is 14.2 Å². The molecule has 0 unspecified atom stereocenters. The molecule has 0 radical (unpaired) electrons. The van der Waals surface area contributed by atoms with Crippen molar-refractivity contribution in [1.29, 1.82) is 5.26 Å². The molecule has 5 heteroatoms. The first-order chi connectivity index (χ1) is 12.8. The Balaban J connectivity index is 1.81. The van der Waals surface area contributed by atoms with Gasteiger partial charge in [0.05, 0.1) is 5.92 Å². The fourth-order valence-corrected chi connectivity index (χ4v) is 3.67. The third-order valence-electron chi connectivity index (χ3n) is 4.84. The summed E-state index contributed by atoms with van der Waals surface area (Å²) in [7, 11) is 0. The second-order valence-corrected chi connectivity index (χ2v) is 6.24. The molecule has 2 aliphatic heterocycles. The molecule has 0 saturated carbocycles. The molecule has 2 heterocycles. The number of fused-ring (bicyclic) bond motifs is 3. The average molecular weight is 342 g/mol. The van der Waals surface area contributed by atoms with Crippen LogP contribution >= 0.6 is 0 Å². The van der Waals surface area contributed by atoms with Gasteiger partial charge < -0.3 is 19.9 Å². The number of nitriles is 1. The Hall–Kier alpha value is -3.65. The maximum absolute atomic E-state index is 9.76. The molecule has 0 fully saturated rings. The van der Waals surface area contributed by atoms with E-state index in [-0.39, 0.29) is 18.6 Å². The summed E-state index contributed by atoms with van der Waals surface area (Å²) in [6.45, 7) is 0.172. The van der Waals surface area contributed by atoms with E-state index in [2.05, 4.69) is 24.3 Å². The Kier molecular flexibility index (Phi) is 3.06. The third kappa shape index (κ3) is 2.02. The zero-order valence-electron chi connectivity index (χ0n) is 13.7. The van der Waals surface area contributed by atoms with Gasteiger partial charge in [-0.3, -0.25) is 0 Å². The number of rotatable bonds is 1. The zero-order chi connectivity index (χ0) is 17.7. The van der Waals surface area contributed by atoms with E-state index in [1.807, 2.05) is 30.3 Å². The smallest absolute Gasteiger partial charge is 0.231 e. The van der Waals surface area contributed by atoms with E-state index in [1.165, 1.54) is 0 Å². The maximum atomic E-state index is 9.76. The monoisotopic (exact) mass is 342 g/mol. The van der Waals surface area contributed by atoms with E-state index in [0.29, 0.717) is 22.8 Å². The van der Waals surface area contributed by atoms with Crippen molar-refractivity contribution in [3.05, 3.63) is 77.2 Å². The summed E-state index contributed by atoms with van der Waals surface area (Å²) in [4.78, 5) is 0. The van der Waals surface area contributed by atoms with Crippen LogP contribution in [0.5, 0.6) is 17.2 Å². The van der Waals surface area contributed by atoms with Gasteiger partial charge in [-0.2, -0.15) is 5.26 Å². The van der Waals surface area contributed by atoms with Crippen molar-refractivity contribution in [3.8, 4) is 23.3 Å². The van der Waals surface area contributed by atoms with Gasteiger partial charge >= 0.3 is 0 Å². The number of hydrogen-bond donors (Lipinski definition) is 1. The topological polar surface area (TPSA) is 77.5 Å². The van der Waals surface area contributed by atoms with Gasteiger partial charge in [0, 0.05) is 11.6 Å². The second-order valence-electron chi connectivity index (χ2n) is 6.24. The molecular weight excluding hydrogens is 328 g/mol. The molecule has 126 valence electrons.